The molecule has 4 fully saturated rings. The monoisotopic (exact) mass is 234 g/mol. The Morgan fingerprint density at radius 2 is 1.27 bits per heavy atom. The van der Waals surface area contributed by atoms with Crippen LogP contribution < -0.4 is 0 Å². The van der Waals surface area contributed by atoms with E-state index in [1.165, 1.54) is 0 Å². The van der Waals surface area contributed by atoms with Crippen LogP contribution in [0.1, 0.15) is 40.5 Å². The van der Waals surface area contributed by atoms with Crippen molar-refractivity contribution < 1.29 is 18.4 Å². The molecule has 15 heavy (non-hydrogen) atoms. The first kappa shape index (κ1) is 10.4. The maximum Gasteiger partial charge on any atom is 0.173 e. The van der Waals surface area contributed by atoms with Gasteiger partial charge in [0, 0.05) is 12.8 Å². The summed E-state index contributed by atoms with van der Waals surface area (Å²) in [5.74, 6) is -1.36. The molecule has 5 heteroatoms. The molecule has 4 aliphatic rings. The SMILES string of the molecule is CC12CC3(C)OC(C)(CC(C)(O1)P3F)O2. The molecule has 4 heterocycles. The standard InChI is InChI=1S/C10H16FO3P/c1-7-5-9(3)14-8(2,12-7)6-10(4,13-7)15(9)11/h5-6H2,1-4H3. The highest BCUT2D eigenvalue weighted by atomic mass is 31.2. The van der Waals surface area contributed by atoms with Crippen LogP contribution in [-0.4, -0.2) is 22.3 Å². The van der Waals surface area contributed by atoms with Gasteiger partial charge in [-0.15, -0.1) is 0 Å². The first-order chi connectivity index (χ1) is 6.69. The van der Waals surface area contributed by atoms with Crippen LogP contribution in [-0.2, 0) is 14.2 Å². The molecule has 0 aromatic carbocycles. The average molecular weight is 234 g/mol. The molecule has 4 rings (SSSR count). The Balaban J connectivity index is 2.12. The first-order valence-corrected chi connectivity index (χ1v) is 6.49. The zero-order chi connectivity index (χ0) is 11.1. The summed E-state index contributed by atoms with van der Waals surface area (Å²) < 4.78 is 31.7. The highest BCUT2D eigenvalue weighted by Crippen LogP contribution is 2.77. The van der Waals surface area contributed by atoms with E-state index in [9.17, 15) is 4.20 Å². The molecule has 4 saturated heterocycles. The smallest absolute Gasteiger partial charge is 0.173 e. The van der Waals surface area contributed by atoms with Gasteiger partial charge >= 0.3 is 0 Å². The number of hydrogen-bond acceptors (Lipinski definition) is 3. The Kier molecular flexibility index (Phi) is 1.66. The molecule has 86 valence electrons. The molecule has 4 unspecified atom stereocenters. The largest absolute Gasteiger partial charge is 0.336 e. The highest BCUT2D eigenvalue weighted by molar-refractivity contribution is 7.55. The second-order valence-corrected chi connectivity index (χ2v) is 8.01. The summed E-state index contributed by atoms with van der Waals surface area (Å²) in [6.45, 7) is 7.45. The molecule has 0 spiro atoms. The minimum atomic E-state index is -1.78. The first-order valence-electron chi connectivity index (χ1n) is 5.26. The molecule has 4 atom stereocenters. The molecular formula is C10H16FO3P. The lowest BCUT2D eigenvalue weighted by Gasteiger charge is -2.67. The van der Waals surface area contributed by atoms with Crippen LogP contribution in [0.5, 0.6) is 0 Å². The van der Waals surface area contributed by atoms with Crippen LogP contribution >= 0.6 is 8.23 Å². The summed E-state index contributed by atoms with van der Waals surface area (Å²) in [5, 5.41) is -1.41. The molecule has 0 aliphatic carbocycles. The number of rotatable bonds is 0. The highest BCUT2D eigenvalue weighted by Gasteiger charge is 2.72. The van der Waals surface area contributed by atoms with E-state index in [0.29, 0.717) is 12.8 Å². The van der Waals surface area contributed by atoms with Gasteiger partial charge < -0.3 is 14.2 Å². The van der Waals surface area contributed by atoms with Gasteiger partial charge in [-0.3, -0.25) is 0 Å². The molecule has 0 saturated carbocycles. The summed E-state index contributed by atoms with van der Waals surface area (Å²) in [6.07, 6.45) is 0.959. The second-order valence-electron chi connectivity index (χ2n) is 5.56. The third-order valence-electron chi connectivity index (χ3n) is 3.43. The van der Waals surface area contributed by atoms with Gasteiger partial charge in [0.05, 0.1) is 0 Å². The number of ether oxygens (including phenoxy) is 3. The van der Waals surface area contributed by atoms with Crippen molar-refractivity contribution in [1.29, 1.82) is 0 Å². The van der Waals surface area contributed by atoms with Gasteiger partial charge in [0.25, 0.3) is 0 Å². The fourth-order valence-electron chi connectivity index (χ4n) is 3.56. The fraction of sp³-hybridized carbons (Fsp3) is 1.00. The summed E-state index contributed by atoms with van der Waals surface area (Å²) in [7, 11) is -1.78. The Morgan fingerprint density at radius 1 is 0.867 bits per heavy atom. The van der Waals surface area contributed by atoms with E-state index >= 15 is 0 Å². The Labute approximate surface area is 90.1 Å². The van der Waals surface area contributed by atoms with Gasteiger partial charge in [0.1, 0.15) is 18.9 Å². The van der Waals surface area contributed by atoms with Gasteiger partial charge in [-0.2, -0.15) is 0 Å². The van der Waals surface area contributed by atoms with Crippen LogP contribution in [0.15, 0.2) is 0 Å². The van der Waals surface area contributed by atoms with Crippen molar-refractivity contribution in [2.75, 3.05) is 0 Å². The third-order valence-corrected chi connectivity index (χ3v) is 5.59. The van der Waals surface area contributed by atoms with Crippen molar-refractivity contribution in [1.82, 2.24) is 0 Å². The van der Waals surface area contributed by atoms with Crippen molar-refractivity contribution >= 4 is 8.23 Å². The van der Waals surface area contributed by atoms with Crippen molar-refractivity contribution in [3.63, 3.8) is 0 Å². The van der Waals surface area contributed by atoms with Crippen LogP contribution in [0, 0.1) is 0 Å². The summed E-state index contributed by atoms with van der Waals surface area (Å²) in [5.41, 5.74) is 0. The lowest BCUT2D eigenvalue weighted by molar-refractivity contribution is -0.469. The van der Waals surface area contributed by atoms with Gasteiger partial charge in [0.15, 0.2) is 11.6 Å². The Bertz CT molecular complexity index is 291. The van der Waals surface area contributed by atoms with Gasteiger partial charge in [-0.05, 0) is 27.7 Å². The zero-order valence-corrected chi connectivity index (χ0v) is 10.4. The van der Waals surface area contributed by atoms with E-state index in [1.807, 2.05) is 27.7 Å². The molecule has 0 N–H and O–H groups in total. The quantitative estimate of drug-likeness (QED) is 0.603. The molecule has 0 radical (unpaired) electrons. The maximum atomic E-state index is 14.4. The van der Waals surface area contributed by atoms with E-state index in [1.54, 1.807) is 0 Å². The van der Waals surface area contributed by atoms with E-state index in [0.717, 1.165) is 0 Å². The number of halogens is 1. The average Bonchev–Trinajstić information content (AvgIpc) is 1.93. The number of hydrogen-bond donors (Lipinski definition) is 0. The molecule has 0 amide bonds. The Morgan fingerprint density at radius 3 is 1.67 bits per heavy atom. The van der Waals surface area contributed by atoms with E-state index in [-0.39, 0.29) is 0 Å². The molecule has 3 nitrogen and oxygen atoms in total. The van der Waals surface area contributed by atoms with E-state index < -0.39 is 30.5 Å². The minimum absolute atomic E-state index is 0.480. The second kappa shape index (κ2) is 2.40. The normalized spacial score (nSPS) is 67.4. The summed E-state index contributed by atoms with van der Waals surface area (Å²) >= 11 is 0. The van der Waals surface area contributed by atoms with Crippen molar-refractivity contribution in [2.24, 2.45) is 0 Å². The molecule has 4 aliphatic heterocycles. The van der Waals surface area contributed by atoms with Crippen molar-refractivity contribution in [3.05, 3.63) is 0 Å². The predicted molar refractivity (Wildman–Crippen MR) is 54.1 cm³/mol. The lowest BCUT2D eigenvalue weighted by Crippen LogP contribution is -2.70. The van der Waals surface area contributed by atoms with Crippen LogP contribution in [0.4, 0.5) is 4.20 Å². The lowest BCUT2D eigenvalue weighted by atomic mass is 9.98. The van der Waals surface area contributed by atoms with E-state index in [4.69, 9.17) is 14.2 Å². The van der Waals surface area contributed by atoms with Crippen LogP contribution in [0.25, 0.3) is 0 Å². The van der Waals surface area contributed by atoms with Gasteiger partial charge in [-0.25, -0.2) is 4.20 Å². The predicted octanol–water partition coefficient (Wildman–Crippen LogP) is 3.09. The summed E-state index contributed by atoms with van der Waals surface area (Å²) in [4.78, 5) is 0. The van der Waals surface area contributed by atoms with Gasteiger partial charge in [-0.1, -0.05) is 0 Å². The zero-order valence-electron chi connectivity index (χ0n) is 9.46. The van der Waals surface area contributed by atoms with Crippen molar-refractivity contribution in [3.8, 4) is 0 Å². The molecule has 0 aromatic rings. The molecule has 4 bridgehead atoms. The van der Waals surface area contributed by atoms with Crippen LogP contribution in [0.2, 0.25) is 0 Å². The molecular weight excluding hydrogens is 218 g/mol. The summed E-state index contributed by atoms with van der Waals surface area (Å²) in [6, 6.07) is 0. The fourth-order valence-corrected chi connectivity index (χ4v) is 5.96. The molecule has 0 aromatic heterocycles. The van der Waals surface area contributed by atoms with Crippen LogP contribution in [0.3, 0.4) is 0 Å². The van der Waals surface area contributed by atoms with E-state index in [2.05, 4.69) is 0 Å². The topological polar surface area (TPSA) is 27.7 Å². The maximum absolute atomic E-state index is 14.4. The van der Waals surface area contributed by atoms with Gasteiger partial charge in [0.2, 0.25) is 0 Å². The third kappa shape index (κ3) is 1.20. The minimum Gasteiger partial charge on any atom is -0.336 e. The van der Waals surface area contributed by atoms with Crippen molar-refractivity contribution in [2.45, 2.75) is 62.8 Å². The Hall–Kier alpha value is 0.240.